The molecule has 0 spiro atoms. The molecule has 1 aromatic rings. The van der Waals surface area contributed by atoms with E-state index in [1.54, 1.807) is 26.0 Å². The summed E-state index contributed by atoms with van der Waals surface area (Å²) in [4.78, 5) is 27.9. The van der Waals surface area contributed by atoms with Gasteiger partial charge in [0.15, 0.2) is 0 Å². The SMILES string of the molecule is CCS(=O)(=O)N1CC(=O)N(c2ccc(C)c(F)c2)[C@@](C)(C(=O)NC2CCCCCC2)C1. The number of hydrogen-bond donors (Lipinski definition) is 1. The van der Waals surface area contributed by atoms with Crippen LogP contribution < -0.4 is 10.2 Å². The van der Waals surface area contributed by atoms with Crippen molar-refractivity contribution in [2.24, 2.45) is 0 Å². The monoisotopic (exact) mass is 453 g/mol. The minimum atomic E-state index is -3.69. The lowest BCUT2D eigenvalue weighted by atomic mass is 9.93. The quantitative estimate of drug-likeness (QED) is 0.695. The number of carbonyl (C=O) groups excluding carboxylic acids is 2. The van der Waals surface area contributed by atoms with Crippen LogP contribution >= 0.6 is 0 Å². The molecule has 1 saturated heterocycles. The highest BCUT2D eigenvalue weighted by Gasteiger charge is 2.51. The Morgan fingerprint density at radius 1 is 1.23 bits per heavy atom. The van der Waals surface area contributed by atoms with Crippen molar-refractivity contribution in [1.29, 1.82) is 0 Å². The van der Waals surface area contributed by atoms with Crippen molar-refractivity contribution in [1.82, 2.24) is 9.62 Å². The van der Waals surface area contributed by atoms with Crippen LogP contribution in [0.4, 0.5) is 10.1 Å². The molecule has 1 N–H and O–H groups in total. The summed E-state index contributed by atoms with van der Waals surface area (Å²) < 4.78 is 40.5. The normalized spacial score (nSPS) is 24.1. The number of piperazine rings is 1. The van der Waals surface area contributed by atoms with Gasteiger partial charge in [-0.1, -0.05) is 31.7 Å². The second kappa shape index (κ2) is 9.24. The van der Waals surface area contributed by atoms with E-state index in [0.29, 0.717) is 5.56 Å². The lowest BCUT2D eigenvalue weighted by Gasteiger charge is -2.47. The highest BCUT2D eigenvalue weighted by molar-refractivity contribution is 7.89. The van der Waals surface area contributed by atoms with Crippen LogP contribution in [0.2, 0.25) is 0 Å². The zero-order valence-electron chi connectivity index (χ0n) is 18.5. The molecule has 0 unspecified atom stereocenters. The fraction of sp³-hybridized carbons (Fsp3) is 0.636. The maximum atomic E-state index is 14.3. The Labute approximate surface area is 184 Å². The van der Waals surface area contributed by atoms with E-state index in [-0.39, 0.29) is 30.6 Å². The number of aryl methyl sites for hydroxylation is 1. The van der Waals surface area contributed by atoms with Crippen molar-refractivity contribution < 1.29 is 22.4 Å². The fourth-order valence-corrected chi connectivity index (χ4v) is 5.55. The number of hydrogen-bond acceptors (Lipinski definition) is 4. The number of nitrogens with zero attached hydrogens (tertiary/aromatic N) is 2. The van der Waals surface area contributed by atoms with Crippen LogP contribution in [0.3, 0.4) is 0 Å². The molecule has 1 aromatic carbocycles. The summed E-state index contributed by atoms with van der Waals surface area (Å²) in [5.41, 5.74) is -0.820. The van der Waals surface area contributed by atoms with Gasteiger partial charge in [-0.15, -0.1) is 0 Å². The number of carbonyl (C=O) groups is 2. The van der Waals surface area contributed by atoms with Gasteiger partial charge in [0.25, 0.3) is 0 Å². The van der Waals surface area contributed by atoms with Gasteiger partial charge in [-0.2, -0.15) is 4.31 Å². The van der Waals surface area contributed by atoms with Crippen LogP contribution in [0.15, 0.2) is 18.2 Å². The van der Waals surface area contributed by atoms with Crippen molar-refractivity contribution in [3.05, 3.63) is 29.6 Å². The molecule has 0 bridgehead atoms. The number of rotatable bonds is 5. The van der Waals surface area contributed by atoms with E-state index in [0.717, 1.165) is 42.8 Å². The van der Waals surface area contributed by atoms with Crippen molar-refractivity contribution >= 4 is 27.5 Å². The summed E-state index contributed by atoms with van der Waals surface area (Å²) in [5, 5.41) is 3.06. The maximum Gasteiger partial charge on any atom is 0.247 e. The second-order valence-corrected chi connectivity index (χ2v) is 11.0. The van der Waals surface area contributed by atoms with Crippen LogP contribution in [0.5, 0.6) is 0 Å². The predicted octanol–water partition coefficient (Wildman–Crippen LogP) is 2.73. The highest BCUT2D eigenvalue weighted by Crippen LogP contribution is 2.32. The maximum absolute atomic E-state index is 14.3. The Kier molecular flexibility index (Phi) is 7.05. The lowest BCUT2D eigenvalue weighted by Crippen LogP contribution is -2.70. The lowest BCUT2D eigenvalue weighted by molar-refractivity contribution is -0.133. The zero-order valence-corrected chi connectivity index (χ0v) is 19.3. The molecule has 0 aromatic heterocycles. The Balaban J connectivity index is 1.99. The van der Waals surface area contributed by atoms with E-state index in [9.17, 15) is 22.4 Å². The largest absolute Gasteiger partial charge is 0.351 e. The summed E-state index contributed by atoms with van der Waals surface area (Å²) >= 11 is 0. The van der Waals surface area contributed by atoms with Crippen LogP contribution in [0.25, 0.3) is 0 Å². The molecule has 1 aliphatic heterocycles. The van der Waals surface area contributed by atoms with Crippen molar-refractivity contribution in [2.45, 2.75) is 70.9 Å². The van der Waals surface area contributed by atoms with Gasteiger partial charge in [0.1, 0.15) is 11.4 Å². The Hall–Kier alpha value is -2.00. The smallest absolute Gasteiger partial charge is 0.247 e. The second-order valence-electron chi connectivity index (χ2n) is 8.77. The van der Waals surface area contributed by atoms with Crippen LogP contribution in [0, 0.1) is 12.7 Å². The summed E-state index contributed by atoms with van der Waals surface area (Å²) in [7, 11) is -3.69. The molecule has 2 amide bonds. The first-order chi connectivity index (χ1) is 14.6. The van der Waals surface area contributed by atoms with E-state index in [2.05, 4.69) is 5.32 Å². The van der Waals surface area contributed by atoms with Gasteiger partial charge in [-0.3, -0.25) is 14.5 Å². The minimum absolute atomic E-state index is 0.0170. The van der Waals surface area contributed by atoms with Crippen LogP contribution in [0.1, 0.15) is 57.9 Å². The third-order valence-corrected chi connectivity index (χ3v) is 8.16. The average Bonchev–Trinajstić information content (AvgIpc) is 2.98. The average molecular weight is 454 g/mol. The molecule has 2 fully saturated rings. The molecule has 1 heterocycles. The number of anilines is 1. The predicted molar refractivity (Wildman–Crippen MR) is 118 cm³/mol. The van der Waals surface area contributed by atoms with Gasteiger partial charge in [0.05, 0.1) is 12.3 Å². The number of amides is 2. The standard InChI is InChI=1S/C22H32FN3O4S/c1-4-31(29,30)25-14-20(27)26(18-12-11-16(2)19(23)13-18)22(3,15-25)21(28)24-17-9-7-5-6-8-10-17/h11-13,17H,4-10,14-15H2,1-3H3,(H,24,28)/t22-/m1/s1. The first-order valence-electron chi connectivity index (χ1n) is 11.0. The molecule has 2 aliphatic rings. The van der Waals surface area contributed by atoms with Crippen LogP contribution in [-0.4, -0.2) is 55.0 Å². The number of sulfonamides is 1. The number of nitrogens with one attached hydrogen (secondary N) is 1. The Morgan fingerprint density at radius 2 is 1.87 bits per heavy atom. The molecule has 1 aliphatic carbocycles. The van der Waals surface area contributed by atoms with Crippen LogP contribution in [-0.2, 0) is 19.6 Å². The summed E-state index contributed by atoms with van der Waals surface area (Å²) in [6.45, 7) is 4.13. The Bertz CT molecular complexity index is 944. The number of halogens is 1. The Morgan fingerprint density at radius 3 is 2.45 bits per heavy atom. The van der Waals surface area contributed by atoms with E-state index in [4.69, 9.17) is 0 Å². The molecule has 1 saturated carbocycles. The molecule has 0 radical (unpaired) electrons. The molecule has 31 heavy (non-hydrogen) atoms. The molecule has 172 valence electrons. The summed E-state index contributed by atoms with van der Waals surface area (Å²) in [5.74, 6) is -1.62. The van der Waals surface area contributed by atoms with Gasteiger partial charge >= 0.3 is 0 Å². The van der Waals surface area contributed by atoms with E-state index in [1.165, 1.54) is 17.9 Å². The molecule has 3 rings (SSSR count). The van der Waals surface area contributed by atoms with Gasteiger partial charge in [0, 0.05) is 18.3 Å². The van der Waals surface area contributed by atoms with Gasteiger partial charge in [0.2, 0.25) is 21.8 Å². The highest BCUT2D eigenvalue weighted by atomic mass is 32.2. The molecular weight excluding hydrogens is 421 g/mol. The van der Waals surface area contributed by atoms with Gasteiger partial charge in [-0.05, 0) is 51.3 Å². The van der Waals surface area contributed by atoms with Gasteiger partial charge < -0.3 is 5.32 Å². The van der Waals surface area contributed by atoms with Gasteiger partial charge in [-0.25, -0.2) is 12.8 Å². The third-order valence-electron chi connectivity index (χ3n) is 6.39. The summed E-state index contributed by atoms with van der Waals surface area (Å²) in [6, 6.07) is 4.36. The third kappa shape index (κ3) is 4.92. The number of benzene rings is 1. The first-order valence-corrected chi connectivity index (χ1v) is 12.6. The minimum Gasteiger partial charge on any atom is -0.351 e. The molecule has 7 nitrogen and oxygen atoms in total. The fourth-order valence-electron chi connectivity index (χ4n) is 4.43. The van der Waals surface area contributed by atoms with E-state index >= 15 is 0 Å². The zero-order chi connectivity index (χ0) is 22.8. The first kappa shape index (κ1) is 23.7. The molecular formula is C22H32FN3O4S. The van der Waals surface area contributed by atoms with Crippen molar-refractivity contribution in [3.63, 3.8) is 0 Å². The van der Waals surface area contributed by atoms with E-state index in [1.807, 2.05) is 0 Å². The molecule has 9 heteroatoms. The summed E-state index contributed by atoms with van der Waals surface area (Å²) in [6.07, 6.45) is 5.99. The van der Waals surface area contributed by atoms with E-state index < -0.39 is 33.2 Å². The van der Waals surface area contributed by atoms with Crippen molar-refractivity contribution in [3.8, 4) is 0 Å². The molecule has 1 atom stereocenters. The van der Waals surface area contributed by atoms with Crippen molar-refractivity contribution in [2.75, 3.05) is 23.7 Å². The topological polar surface area (TPSA) is 86.8 Å².